The third-order valence-electron chi connectivity index (χ3n) is 6.00. The van der Waals surface area contributed by atoms with Crippen LogP contribution in [-0.2, 0) is 9.47 Å². The molecule has 0 N–H and O–H groups in total. The number of rotatable bonds is 2. The SMILES string of the molecule is Cc1cc([C@H]2OC[C@H]3[C@@H]2CO[C@H]3c2ccc3c(c2)OCO3)cc2c1OCO2. The van der Waals surface area contributed by atoms with Gasteiger partial charge in [-0.05, 0) is 47.9 Å². The molecule has 2 aromatic rings. The maximum absolute atomic E-state index is 6.23. The second kappa shape index (κ2) is 5.78. The minimum absolute atomic E-state index is 0.0159. The van der Waals surface area contributed by atoms with Crippen LogP contribution in [0.3, 0.4) is 0 Å². The molecule has 140 valence electrons. The molecule has 4 atom stereocenters. The second-order valence-electron chi connectivity index (χ2n) is 7.52. The molecular formula is C21H20O6. The molecule has 0 aromatic heterocycles. The van der Waals surface area contributed by atoms with Crippen molar-refractivity contribution in [3.05, 3.63) is 47.0 Å². The van der Waals surface area contributed by atoms with Gasteiger partial charge in [0.15, 0.2) is 23.0 Å². The summed E-state index contributed by atoms with van der Waals surface area (Å²) < 4.78 is 34.5. The van der Waals surface area contributed by atoms with E-state index >= 15 is 0 Å². The standard InChI is InChI=1S/C21H20O6/c1-11-4-13(6-18-19(11)27-10-26-18)21-15-8-22-20(14(15)7-23-21)12-2-3-16-17(5-12)25-9-24-16/h2-6,14-15,20-21H,7-10H2,1H3/t14-,15-,20-,21+/m0/s1. The largest absolute Gasteiger partial charge is 0.454 e. The molecule has 4 aliphatic heterocycles. The van der Waals surface area contributed by atoms with Gasteiger partial charge < -0.3 is 28.4 Å². The molecule has 6 rings (SSSR count). The molecular weight excluding hydrogens is 348 g/mol. The topological polar surface area (TPSA) is 55.4 Å². The number of aryl methyl sites for hydroxylation is 1. The highest BCUT2D eigenvalue weighted by atomic mass is 16.7. The van der Waals surface area contributed by atoms with Crippen molar-refractivity contribution in [3.8, 4) is 23.0 Å². The minimum atomic E-state index is 0.0159. The zero-order valence-corrected chi connectivity index (χ0v) is 15.0. The maximum atomic E-state index is 6.23. The summed E-state index contributed by atoms with van der Waals surface area (Å²) in [5, 5.41) is 0. The lowest BCUT2D eigenvalue weighted by molar-refractivity contribution is 0.0192. The van der Waals surface area contributed by atoms with Crippen molar-refractivity contribution in [3.63, 3.8) is 0 Å². The van der Waals surface area contributed by atoms with Crippen LogP contribution in [0.2, 0.25) is 0 Å². The summed E-state index contributed by atoms with van der Waals surface area (Å²) in [6, 6.07) is 10.3. The van der Waals surface area contributed by atoms with Crippen molar-refractivity contribution in [1.82, 2.24) is 0 Å². The summed E-state index contributed by atoms with van der Waals surface area (Å²) in [4.78, 5) is 0. The van der Waals surface area contributed by atoms with Crippen LogP contribution in [0.4, 0.5) is 0 Å². The molecule has 2 fully saturated rings. The van der Waals surface area contributed by atoms with E-state index in [2.05, 4.69) is 18.2 Å². The number of hydrogen-bond acceptors (Lipinski definition) is 6. The van der Waals surface area contributed by atoms with Crippen LogP contribution in [0.25, 0.3) is 0 Å². The summed E-state index contributed by atoms with van der Waals surface area (Å²) in [7, 11) is 0. The molecule has 4 heterocycles. The molecule has 2 aromatic carbocycles. The van der Waals surface area contributed by atoms with Crippen LogP contribution in [-0.4, -0.2) is 26.8 Å². The fourth-order valence-electron chi connectivity index (χ4n) is 4.70. The number of fused-ring (bicyclic) bond motifs is 3. The Labute approximate surface area is 156 Å². The lowest BCUT2D eigenvalue weighted by Crippen LogP contribution is -2.14. The van der Waals surface area contributed by atoms with E-state index in [0.29, 0.717) is 25.0 Å². The average Bonchev–Trinajstić information content (AvgIpc) is 3.43. The van der Waals surface area contributed by atoms with E-state index in [0.717, 1.165) is 39.7 Å². The van der Waals surface area contributed by atoms with Gasteiger partial charge in [-0.25, -0.2) is 0 Å². The Bertz CT molecular complexity index is 910. The normalized spacial score (nSPS) is 30.0. The lowest BCUT2D eigenvalue weighted by Gasteiger charge is -2.18. The first kappa shape index (κ1) is 15.6. The Morgan fingerprint density at radius 3 is 2.22 bits per heavy atom. The molecule has 0 unspecified atom stereocenters. The van der Waals surface area contributed by atoms with E-state index in [4.69, 9.17) is 28.4 Å². The minimum Gasteiger partial charge on any atom is -0.454 e. The van der Waals surface area contributed by atoms with E-state index in [1.807, 2.05) is 19.1 Å². The van der Waals surface area contributed by atoms with Crippen molar-refractivity contribution in [2.45, 2.75) is 19.1 Å². The molecule has 6 nitrogen and oxygen atoms in total. The van der Waals surface area contributed by atoms with Crippen molar-refractivity contribution in [2.75, 3.05) is 26.8 Å². The molecule has 0 saturated carbocycles. The van der Waals surface area contributed by atoms with Gasteiger partial charge in [0, 0.05) is 11.8 Å². The van der Waals surface area contributed by atoms with Gasteiger partial charge >= 0.3 is 0 Å². The van der Waals surface area contributed by atoms with Gasteiger partial charge in [0.25, 0.3) is 0 Å². The molecule has 0 radical (unpaired) electrons. The molecule has 0 amide bonds. The van der Waals surface area contributed by atoms with Gasteiger partial charge in [-0.15, -0.1) is 0 Å². The Morgan fingerprint density at radius 1 is 0.704 bits per heavy atom. The van der Waals surface area contributed by atoms with Crippen LogP contribution < -0.4 is 18.9 Å². The zero-order chi connectivity index (χ0) is 18.0. The predicted octanol–water partition coefficient (Wildman–Crippen LogP) is 3.53. The molecule has 27 heavy (non-hydrogen) atoms. The van der Waals surface area contributed by atoms with E-state index in [1.54, 1.807) is 0 Å². The van der Waals surface area contributed by atoms with Gasteiger partial charge in [-0.1, -0.05) is 6.07 Å². The van der Waals surface area contributed by atoms with Crippen molar-refractivity contribution >= 4 is 0 Å². The molecule has 0 aliphatic carbocycles. The van der Waals surface area contributed by atoms with E-state index in [1.165, 1.54) is 0 Å². The summed E-state index contributed by atoms with van der Waals surface area (Å²) >= 11 is 0. The number of hydrogen-bond donors (Lipinski definition) is 0. The first-order valence-electron chi connectivity index (χ1n) is 9.31. The van der Waals surface area contributed by atoms with Crippen LogP contribution in [0.1, 0.15) is 28.9 Å². The summed E-state index contributed by atoms with van der Waals surface area (Å²) in [5.41, 5.74) is 3.34. The highest BCUT2D eigenvalue weighted by Crippen LogP contribution is 2.52. The van der Waals surface area contributed by atoms with Crippen LogP contribution in [0.15, 0.2) is 30.3 Å². The van der Waals surface area contributed by atoms with Gasteiger partial charge in [0.1, 0.15) is 0 Å². The van der Waals surface area contributed by atoms with Crippen molar-refractivity contribution in [1.29, 1.82) is 0 Å². The molecule has 4 aliphatic rings. The van der Waals surface area contributed by atoms with Crippen LogP contribution in [0.5, 0.6) is 23.0 Å². The average molecular weight is 368 g/mol. The van der Waals surface area contributed by atoms with E-state index < -0.39 is 0 Å². The second-order valence-corrected chi connectivity index (χ2v) is 7.52. The zero-order valence-electron chi connectivity index (χ0n) is 15.0. The Balaban J connectivity index is 1.28. The molecule has 0 bridgehead atoms. The van der Waals surface area contributed by atoms with Gasteiger partial charge in [0.2, 0.25) is 13.6 Å². The Kier molecular flexibility index (Phi) is 3.34. The summed E-state index contributed by atoms with van der Waals surface area (Å²) in [5.74, 6) is 3.88. The first-order chi connectivity index (χ1) is 13.3. The highest BCUT2D eigenvalue weighted by Gasteiger charge is 2.48. The predicted molar refractivity (Wildman–Crippen MR) is 94.2 cm³/mol. The lowest BCUT2D eigenvalue weighted by atomic mass is 9.84. The summed E-state index contributed by atoms with van der Waals surface area (Å²) in [6.07, 6.45) is 0.0341. The van der Waals surface area contributed by atoms with Crippen molar-refractivity contribution < 1.29 is 28.4 Å². The molecule has 6 heteroatoms. The third kappa shape index (κ3) is 2.33. The van der Waals surface area contributed by atoms with Gasteiger partial charge in [-0.3, -0.25) is 0 Å². The van der Waals surface area contributed by atoms with Crippen LogP contribution >= 0.6 is 0 Å². The monoisotopic (exact) mass is 368 g/mol. The highest BCUT2D eigenvalue weighted by molar-refractivity contribution is 5.51. The van der Waals surface area contributed by atoms with Crippen molar-refractivity contribution in [2.24, 2.45) is 11.8 Å². The first-order valence-corrected chi connectivity index (χ1v) is 9.31. The molecule has 0 spiro atoms. The van der Waals surface area contributed by atoms with Crippen LogP contribution in [0, 0.1) is 18.8 Å². The smallest absolute Gasteiger partial charge is 0.231 e. The Hall–Kier alpha value is -2.44. The third-order valence-corrected chi connectivity index (χ3v) is 6.00. The maximum Gasteiger partial charge on any atom is 0.231 e. The fourth-order valence-corrected chi connectivity index (χ4v) is 4.70. The fraction of sp³-hybridized carbons (Fsp3) is 0.429. The Morgan fingerprint density at radius 2 is 1.37 bits per heavy atom. The molecule has 2 saturated heterocycles. The van der Waals surface area contributed by atoms with Gasteiger partial charge in [0.05, 0.1) is 25.4 Å². The number of ether oxygens (including phenoxy) is 6. The quantitative estimate of drug-likeness (QED) is 0.808. The van der Waals surface area contributed by atoms with E-state index in [-0.39, 0.29) is 25.8 Å². The van der Waals surface area contributed by atoms with E-state index in [9.17, 15) is 0 Å². The van der Waals surface area contributed by atoms with Gasteiger partial charge in [-0.2, -0.15) is 0 Å². The summed E-state index contributed by atoms with van der Waals surface area (Å²) in [6.45, 7) is 3.98. The number of benzene rings is 2.